The second-order valence-corrected chi connectivity index (χ2v) is 10.0. The molecule has 0 radical (unpaired) electrons. The Morgan fingerprint density at radius 3 is 1.50 bits per heavy atom. The Bertz CT molecular complexity index is 1210. The van der Waals surface area contributed by atoms with E-state index in [0.29, 0.717) is 0 Å². The maximum Gasteiger partial charge on any atom is 0.119 e. The van der Waals surface area contributed by atoms with Gasteiger partial charge < -0.3 is 4.74 Å². The van der Waals surface area contributed by atoms with Crippen LogP contribution < -0.4 is 4.74 Å². The summed E-state index contributed by atoms with van der Waals surface area (Å²) in [4.78, 5) is 0. The summed E-state index contributed by atoms with van der Waals surface area (Å²) in [7, 11) is 0. The molecule has 2 heteroatoms. The third-order valence-corrected chi connectivity index (χ3v) is 6.95. The number of hydrogen-bond donors (Lipinski definition) is 0. The largest absolute Gasteiger partial charge is 0.494 e. The van der Waals surface area contributed by atoms with E-state index in [4.69, 9.17) is 4.74 Å². The van der Waals surface area contributed by atoms with Crippen LogP contribution in [0.5, 0.6) is 5.75 Å². The molecule has 0 saturated carbocycles. The quantitative estimate of drug-likeness (QED) is 0.129. The van der Waals surface area contributed by atoms with E-state index < -0.39 is 0 Å². The number of rotatable bonds is 12. The van der Waals surface area contributed by atoms with E-state index in [1.807, 2.05) is 0 Å². The minimum atomic E-state index is 0.779. The maximum absolute atomic E-state index is 6.07. The zero-order valence-corrected chi connectivity index (χ0v) is 22.7. The lowest BCUT2D eigenvalue weighted by Gasteiger charge is -2.18. The Balaban J connectivity index is 1.67. The first-order chi connectivity index (χ1) is 17.8. The van der Waals surface area contributed by atoms with Crippen LogP contribution in [0.1, 0.15) is 67.7 Å². The maximum atomic E-state index is 6.07. The third kappa shape index (κ3) is 7.21. The highest BCUT2D eigenvalue weighted by Crippen LogP contribution is 2.37. The normalized spacial score (nSPS) is 11.7. The molecular formula is C34H35BrO. The summed E-state index contributed by atoms with van der Waals surface area (Å²) in [6.45, 7) is 3.04. The fraction of sp³-hybridized carbons (Fsp3) is 0.235. The molecule has 0 aliphatic carbocycles. The minimum absolute atomic E-state index is 0.779. The number of hydrogen-bond acceptors (Lipinski definition) is 1. The van der Waals surface area contributed by atoms with Gasteiger partial charge in [0.2, 0.25) is 0 Å². The van der Waals surface area contributed by atoms with E-state index in [9.17, 15) is 0 Å². The molecule has 0 saturated heterocycles. The van der Waals surface area contributed by atoms with E-state index in [1.165, 1.54) is 65.5 Å². The van der Waals surface area contributed by atoms with Gasteiger partial charge in [-0.05, 0) is 64.1 Å². The summed E-state index contributed by atoms with van der Waals surface area (Å²) >= 11 is 3.60. The predicted octanol–water partition coefficient (Wildman–Crippen LogP) is 10.2. The summed E-state index contributed by atoms with van der Waals surface area (Å²) in [5, 5.41) is 0. The molecule has 0 aromatic heterocycles. The van der Waals surface area contributed by atoms with Gasteiger partial charge in [0, 0.05) is 4.47 Å². The van der Waals surface area contributed by atoms with Gasteiger partial charge >= 0.3 is 0 Å². The van der Waals surface area contributed by atoms with Crippen molar-refractivity contribution in [2.24, 2.45) is 0 Å². The van der Waals surface area contributed by atoms with E-state index in [2.05, 4.69) is 132 Å². The fourth-order valence-electron chi connectivity index (χ4n) is 4.53. The van der Waals surface area contributed by atoms with Gasteiger partial charge in [0.25, 0.3) is 0 Å². The van der Waals surface area contributed by atoms with Crippen LogP contribution in [0.3, 0.4) is 0 Å². The Kier molecular flexibility index (Phi) is 9.99. The molecule has 0 heterocycles. The van der Waals surface area contributed by atoms with Crippen LogP contribution in [0.25, 0.3) is 11.1 Å². The monoisotopic (exact) mass is 538 g/mol. The summed E-state index contributed by atoms with van der Waals surface area (Å²) < 4.78 is 7.15. The van der Waals surface area contributed by atoms with Crippen LogP contribution in [-0.4, -0.2) is 6.61 Å². The first kappa shape index (κ1) is 26.0. The molecule has 0 fully saturated rings. The van der Waals surface area contributed by atoms with Gasteiger partial charge in [0.1, 0.15) is 5.75 Å². The van der Waals surface area contributed by atoms with Crippen molar-refractivity contribution in [3.05, 3.63) is 136 Å². The lowest BCUT2D eigenvalue weighted by Crippen LogP contribution is -1.99. The highest BCUT2D eigenvalue weighted by molar-refractivity contribution is 9.10. The van der Waals surface area contributed by atoms with Gasteiger partial charge in [-0.3, -0.25) is 0 Å². The first-order valence-electron chi connectivity index (χ1n) is 13.1. The van der Waals surface area contributed by atoms with Gasteiger partial charge in [-0.1, -0.05) is 140 Å². The average Bonchev–Trinajstić information content (AvgIpc) is 2.93. The number of unbranched alkanes of at least 4 members (excludes halogenated alkanes) is 5. The third-order valence-electron chi connectivity index (χ3n) is 6.42. The Morgan fingerprint density at radius 1 is 0.528 bits per heavy atom. The summed E-state index contributed by atoms with van der Waals surface area (Å²) in [5.74, 6) is 0.935. The van der Waals surface area contributed by atoms with Crippen LogP contribution in [0.2, 0.25) is 0 Å². The molecule has 4 rings (SSSR count). The van der Waals surface area contributed by atoms with E-state index >= 15 is 0 Å². The van der Waals surface area contributed by atoms with Gasteiger partial charge in [-0.15, -0.1) is 0 Å². The summed E-state index contributed by atoms with van der Waals surface area (Å²) in [5.41, 5.74) is 7.19. The van der Waals surface area contributed by atoms with Crippen LogP contribution in [-0.2, 0) is 0 Å². The van der Waals surface area contributed by atoms with Crippen molar-refractivity contribution in [1.29, 1.82) is 0 Å². The molecule has 0 atom stereocenters. The van der Waals surface area contributed by atoms with Crippen molar-refractivity contribution in [2.45, 2.75) is 45.4 Å². The highest BCUT2D eigenvalue weighted by atomic mass is 79.9. The van der Waals surface area contributed by atoms with Gasteiger partial charge in [0.15, 0.2) is 0 Å². The van der Waals surface area contributed by atoms with Gasteiger partial charge in [-0.2, -0.15) is 0 Å². The lowest BCUT2D eigenvalue weighted by atomic mass is 9.86. The van der Waals surface area contributed by atoms with Crippen molar-refractivity contribution in [2.75, 3.05) is 6.61 Å². The summed E-state index contributed by atoms with van der Waals surface area (Å²) in [6.07, 6.45) is 7.62. The van der Waals surface area contributed by atoms with Crippen molar-refractivity contribution >= 4 is 27.1 Å². The molecule has 0 aliphatic heterocycles. The van der Waals surface area contributed by atoms with Crippen LogP contribution in [0.4, 0.5) is 0 Å². The summed E-state index contributed by atoms with van der Waals surface area (Å²) in [6, 6.07) is 38.6. The van der Waals surface area contributed by atoms with Crippen molar-refractivity contribution < 1.29 is 4.74 Å². The van der Waals surface area contributed by atoms with Gasteiger partial charge in [0.05, 0.1) is 6.61 Å². The van der Waals surface area contributed by atoms with E-state index in [1.54, 1.807) is 0 Å². The number of benzene rings is 4. The standard InChI is InChI=1S/C34H35BrO/c1-2-3-4-5-6-13-26-36-32-24-20-30(21-25-32)34(28-16-11-8-12-17-28)33(27-14-9-7-10-15-27)29-18-22-31(35)23-19-29/h7-12,14-25H,2-6,13,26H2,1H3/b34-33+. The topological polar surface area (TPSA) is 9.23 Å². The lowest BCUT2D eigenvalue weighted by molar-refractivity contribution is 0.304. The van der Waals surface area contributed by atoms with Crippen LogP contribution >= 0.6 is 15.9 Å². The Hall–Kier alpha value is -3.10. The first-order valence-corrected chi connectivity index (χ1v) is 13.9. The molecule has 0 amide bonds. The molecule has 4 aromatic carbocycles. The molecule has 0 N–H and O–H groups in total. The number of ether oxygens (including phenoxy) is 1. The minimum Gasteiger partial charge on any atom is -0.494 e. The molecule has 0 bridgehead atoms. The van der Waals surface area contributed by atoms with Crippen molar-refractivity contribution in [1.82, 2.24) is 0 Å². The molecule has 36 heavy (non-hydrogen) atoms. The van der Waals surface area contributed by atoms with E-state index in [-0.39, 0.29) is 0 Å². The molecule has 0 aliphatic rings. The molecule has 184 valence electrons. The Morgan fingerprint density at radius 2 is 0.972 bits per heavy atom. The van der Waals surface area contributed by atoms with Crippen LogP contribution in [0, 0.1) is 0 Å². The molecular weight excluding hydrogens is 504 g/mol. The zero-order valence-electron chi connectivity index (χ0n) is 21.1. The van der Waals surface area contributed by atoms with E-state index in [0.717, 1.165) is 23.2 Å². The zero-order chi connectivity index (χ0) is 25.0. The second kappa shape index (κ2) is 13.8. The average molecular weight is 540 g/mol. The van der Waals surface area contributed by atoms with Crippen LogP contribution in [0.15, 0.2) is 114 Å². The fourth-order valence-corrected chi connectivity index (χ4v) is 4.79. The molecule has 1 nitrogen and oxygen atoms in total. The van der Waals surface area contributed by atoms with Gasteiger partial charge in [-0.25, -0.2) is 0 Å². The second-order valence-electron chi connectivity index (χ2n) is 9.13. The number of halogens is 1. The van der Waals surface area contributed by atoms with Crippen molar-refractivity contribution in [3.8, 4) is 5.75 Å². The molecule has 0 spiro atoms. The Labute approximate surface area is 225 Å². The SMILES string of the molecule is CCCCCCCCOc1ccc(/C(=C(\c2ccccc2)c2ccc(Br)cc2)c2ccccc2)cc1. The molecule has 0 unspecified atom stereocenters. The predicted molar refractivity (Wildman–Crippen MR) is 157 cm³/mol. The van der Waals surface area contributed by atoms with Crippen molar-refractivity contribution in [3.63, 3.8) is 0 Å². The smallest absolute Gasteiger partial charge is 0.119 e. The molecule has 4 aromatic rings. The highest BCUT2D eigenvalue weighted by Gasteiger charge is 2.16.